The summed E-state index contributed by atoms with van der Waals surface area (Å²) in [5.74, 6) is 0. The first-order valence-corrected chi connectivity index (χ1v) is 11.0. The summed E-state index contributed by atoms with van der Waals surface area (Å²) in [5, 5.41) is 0.948. The van der Waals surface area contributed by atoms with Crippen LogP contribution < -0.4 is 0 Å². The Morgan fingerprint density at radius 3 is 2.46 bits per heavy atom. The van der Waals surface area contributed by atoms with Gasteiger partial charge in [0.05, 0.1) is 23.6 Å². The van der Waals surface area contributed by atoms with Crippen LogP contribution in [0.25, 0.3) is 10.9 Å². The molecule has 6 heteroatoms. The Labute approximate surface area is 166 Å². The summed E-state index contributed by atoms with van der Waals surface area (Å²) in [4.78, 5) is 2.63. The van der Waals surface area contributed by atoms with E-state index in [9.17, 15) is 8.42 Å². The molecule has 1 radical (unpaired) electrons. The molecule has 3 aromatic rings. The van der Waals surface area contributed by atoms with Gasteiger partial charge in [0.1, 0.15) is 0 Å². The topological polar surface area (TPSA) is 51.5 Å². The first-order chi connectivity index (χ1) is 13.5. The fraction of sp³-hybridized carbons (Fsp3) is 0.318. The summed E-state index contributed by atoms with van der Waals surface area (Å²) in [7, 11) is -3.66. The van der Waals surface area contributed by atoms with Crippen LogP contribution >= 0.6 is 0 Å². The van der Waals surface area contributed by atoms with Crippen molar-refractivity contribution in [3.05, 3.63) is 71.8 Å². The highest BCUT2D eigenvalue weighted by Crippen LogP contribution is 2.28. The second-order valence-corrected chi connectivity index (χ2v) is 9.04. The molecule has 0 atom stereocenters. The molecule has 1 aliphatic rings. The fourth-order valence-electron chi connectivity index (χ4n) is 3.64. The first-order valence-electron chi connectivity index (χ1n) is 9.55. The van der Waals surface area contributed by atoms with E-state index in [4.69, 9.17) is 4.74 Å². The Kier molecular flexibility index (Phi) is 5.27. The van der Waals surface area contributed by atoms with Crippen LogP contribution in [0, 0.1) is 13.3 Å². The number of morpholine rings is 1. The van der Waals surface area contributed by atoms with Gasteiger partial charge in [-0.15, -0.1) is 0 Å². The number of hydrogen-bond acceptors (Lipinski definition) is 4. The van der Waals surface area contributed by atoms with Gasteiger partial charge in [0.2, 0.25) is 0 Å². The van der Waals surface area contributed by atoms with Crippen molar-refractivity contribution in [3.63, 3.8) is 0 Å². The number of aromatic nitrogens is 1. The second-order valence-electron chi connectivity index (χ2n) is 7.23. The van der Waals surface area contributed by atoms with E-state index in [1.807, 2.05) is 44.5 Å². The molecule has 4 rings (SSSR count). The average molecular weight is 398 g/mol. The van der Waals surface area contributed by atoms with Gasteiger partial charge in [-0.05, 0) is 42.7 Å². The summed E-state index contributed by atoms with van der Waals surface area (Å²) in [6.07, 6.45) is 3.67. The van der Waals surface area contributed by atoms with Crippen molar-refractivity contribution >= 4 is 20.9 Å². The molecule has 0 saturated carbocycles. The third kappa shape index (κ3) is 3.60. The molecule has 5 nitrogen and oxygen atoms in total. The number of nitrogens with zero attached hydrogens (tertiary/aromatic N) is 2. The van der Waals surface area contributed by atoms with E-state index in [0.717, 1.165) is 60.4 Å². The molecule has 0 bridgehead atoms. The van der Waals surface area contributed by atoms with Gasteiger partial charge in [0, 0.05) is 31.2 Å². The van der Waals surface area contributed by atoms with E-state index in [-0.39, 0.29) is 0 Å². The number of hydrogen-bond donors (Lipinski definition) is 0. The van der Waals surface area contributed by atoms with Crippen molar-refractivity contribution in [2.24, 2.45) is 0 Å². The second kappa shape index (κ2) is 7.70. The van der Waals surface area contributed by atoms with Gasteiger partial charge in [0.25, 0.3) is 10.0 Å². The van der Waals surface area contributed by atoms with E-state index >= 15 is 0 Å². The summed E-state index contributed by atoms with van der Waals surface area (Å²) in [5.41, 5.74) is 3.78. The van der Waals surface area contributed by atoms with Crippen LogP contribution in [0.3, 0.4) is 0 Å². The molecule has 0 N–H and O–H groups in total. The van der Waals surface area contributed by atoms with Crippen LogP contribution in [0.2, 0.25) is 0 Å². The highest BCUT2D eigenvalue weighted by molar-refractivity contribution is 7.90. The fourth-order valence-corrected chi connectivity index (χ4v) is 5.01. The molecule has 0 aliphatic carbocycles. The number of rotatable bonds is 5. The van der Waals surface area contributed by atoms with Crippen molar-refractivity contribution in [1.82, 2.24) is 8.87 Å². The Bertz CT molecular complexity index is 1080. The Balaban J connectivity index is 1.78. The third-order valence-corrected chi connectivity index (χ3v) is 6.95. The molecule has 2 aromatic carbocycles. The summed E-state index contributed by atoms with van der Waals surface area (Å²) in [6, 6.07) is 13.1. The molecular weight excluding hydrogens is 372 g/mol. The minimum atomic E-state index is -3.66. The van der Waals surface area contributed by atoms with Crippen LogP contribution in [-0.2, 0) is 21.3 Å². The van der Waals surface area contributed by atoms with E-state index in [2.05, 4.69) is 11.0 Å². The largest absolute Gasteiger partial charge is 0.379 e. The van der Waals surface area contributed by atoms with Gasteiger partial charge in [-0.1, -0.05) is 36.8 Å². The summed E-state index contributed by atoms with van der Waals surface area (Å²) in [6.45, 7) is 7.96. The predicted octanol–water partition coefficient (Wildman–Crippen LogP) is 3.59. The minimum absolute atomic E-state index is 0.302. The van der Waals surface area contributed by atoms with Crippen molar-refractivity contribution in [1.29, 1.82) is 0 Å². The lowest BCUT2D eigenvalue weighted by atomic mass is 10.1. The van der Waals surface area contributed by atoms with Gasteiger partial charge in [0.15, 0.2) is 0 Å². The lowest BCUT2D eigenvalue weighted by Gasteiger charge is -2.26. The van der Waals surface area contributed by atoms with Gasteiger partial charge in [-0.2, -0.15) is 0 Å². The van der Waals surface area contributed by atoms with Crippen LogP contribution in [0.15, 0.2) is 53.6 Å². The molecule has 0 unspecified atom stereocenters. The van der Waals surface area contributed by atoms with Gasteiger partial charge < -0.3 is 4.74 Å². The zero-order chi connectivity index (χ0) is 19.7. The molecule has 2 heterocycles. The monoisotopic (exact) mass is 397 g/mol. The Morgan fingerprint density at radius 1 is 1.07 bits per heavy atom. The molecule has 1 aromatic heterocycles. The van der Waals surface area contributed by atoms with Gasteiger partial charge in [-0.25, -0.2) is 12.4 Å². The molecule has 1 fully saturated rings. The predicted molar refractivity (Wildman–Crippen MR) is 111 cm³/mol. The van der Waals surface area contributed by atoms with Crippen LogP contribution in [0.4, 0.5) is 0 Å². The maximum atomic E-state index is 13.3. The number of benzene rings is 2. The maximum Gasteiger partial charge on any atom is 0.268 e. The molecule has 0 spiro atoms. The average Bonchev–Trinajstić information content (AvgIpc) is 3.08. The standard InChI is InChI=1S/C22H25N2O3S/c1-3-19-16-24(28(25,26)20-7-4-17(2)5-8-20)22-14-18(6-9-21(19)22)15-23-10-12-27-13-11-23/h3-9,14,16H,10-13,15H2,1-2H3. The van der Waals surface area contributed by atoms with E-state index in [1.54, 1.807) is 18.3 Å². The quantitative estimate of drug-likeness (QED) is 0.660. The van der Waals surface area contributed by atoms with E-state index < -0.39 is 10.0 Å². The molecular formula is C22H25N2O3S. The van der Waals surface area contributed by atoms with Crippen molar-refractivity contribution in [2.75, 3.05) is 26.3 Å². The van der Waals surface area contributed by atoms with E-state index in [0.29, 0.717) is 4.90 Å². The van der Waals surface area contributed by atoms with Crippen molar-refractivity contribution in [3.8, 4) is 0 Å². The van der Waals surface area contributed by atoms with Gasteiger partial charge in [-0.3, -0.25) is 4.90 Å². The lowest BCUT2D eigenvalue weighted by molar-refractivity contribution is 0.0342. The number of fused-ring (bicyclic) bond motifs is 1. The van der Waals surface area contributed by atoms with Gasteiger partial charge >= 0.3 is 0 Å². The third-order valence-electron chi connectivity index (χ3n) is 5.27. The lowest BCUT2D eigenvalue weighted by Crippen LogP contribution is -2.35. The normalized spacial score (nSPS) is 15.9. The first kappa shape index (κ1) is 19.2. The summed E-state index contributed by atoms with van der Waals surface area (Å²) >= 11 is 0. The number of ether oxygens (including phenoxy) is 1. The highest BCUT2D eigenvalue weighted by atomic mass is 32.2. The summed E-state index contributed by atoms with van der Waals surface area (Å²) < 4.78 is 33.5. The van der Waals surface area contributed by atoms with Crippen LogP contribution in [0.1, 0.15) is 23.6 Å². The van der Waals surface area contributed by atoms with E-state index in [1.165, 1.54) is 3.97 Å². The Hall–Kier alpha value is -2.15. The number of aryl methyl sites for hydroxylation is 1. The Morgan fingerprint density at radius 2 is 1.79 bits per heavy atom. The molecule has 28 heavy (non-hydrogen) atoms. The zero-order valence-corrected chi connectivity index (χ0v) is 17.1. The SMILES string of the molecule is C[CH]c1cn(S(=O)(=O)c2ccc(C)cc2)c2cc(CN3CCOCC3)ccc12. The molecule has 0 amide bonds. The molecule has 1 aliphatic heterocycles. The van der Waals surface area contributed by atoms with Crippen LogP contribution in [0.5, 0.6) is 0 Å². The zero-order valence-electron chi connectivity index (χ0n) is 16.3. The van der Waals surface area contributed by atoms with Crippen molar-refractivity contribution in [2.45, 2.75) is 25.3 Å². The smallest absolute Gasteiger partial charge is 0.268 e. The maximum absolute atomic E-state index is 13.3. The highest BCUT2D eigenvalue weighted by Gasteiger charge is 2.21. The molecule has 1 saturated heterocycles. The van der Waals surface area contributed by atoms with Crippen LogP contribution in [-0.4, -0.2) is 43.6 Å². The molecule has 147 valence electrons. The van der Waals surface area contributed by atoms with Crippen molar-refractivity contribution < 1.29 is 13.2 Å². The minimum Gasteiger partial charge on any atom is -0.379 e.